The van der Waals surface area contributed by atoms with Gasteiger partial charge in [-0.2, -0.15) is 0 Å². The molecule has 3 aromatic heterocycles. The fraction of sp³-hybridized carbons (Fsp3) is 0.382. The summed E-state index contributed by atoms with van der Waals surface area (Å²) in [5, 5.41) is 166. The Bertz CT molecular complexity index is 4700. The first-order chi connectivity index (χ1) is 53.0. The molecule has 604 valence electrons. The number of hydrogen-bond acceptors (Lipinski definition) is 26. The lowest BCUT2D eigenvalue weighted by atomic mass is 9.98. The Morgan fingerprint density at radius 3 is 0.696 bits per heavy atom. The maximum absolute atomic E-state index is 17.6. The molecule has 13 rings (SSSR count). The summed E-state index contributed by atoms with van der Waals surface area (Å²) in [4.78, 5) is 6.51. The van der Waals surface area contributed by atoms with Crippen molar-refractivity contribution >= 4 is 81.3 Å². The predicted octanol–water partition coefficient (Wildman–Crippen LogP) is 4.73. The van der Waals surface area contributed by atoms with Gasteiger partial charge >= 0.3 is 0 Å². The highest BCUT2D eigenvalue weighted by molar-refractivity contribution is 8.00. The van der Waals surface area contributed by atoms with Gasteiger partial charge in [0.05, 0.1) is 91.0 Å². The second kappa shape index (κ2) is 32.4. The number of nitrogens with zero attached hydrogens (tertiary/aromatic N) is 2. The third-order valence-electron chi connectivity index (χ3n) is 19.3. The van der Waals surface area contributed by atoms with Crippen molar-refractivity contribution in [1.29, 1.82) is 0 Å². The molecular weight excluding hydrogens is 1620 g/mol. The smallest absolute Gasteiger partial charge is 0.176 e. The zero-order valence-corrected chi connectivity index (χ0v) is 58.9. The maximum Gasteiger partial charge on any atom is 0.176 e. The van der Waals surface area contributed by atoms with E-state index in [1.54, 1.807) is 0 Å². The van der Waals surface area contributed by atoms with E-state index in [9.17, 15) is 81.7 Å². The number of nitrogens with one attached hydrogen (secondary N) is 2. The molecule has 0 spiro atoms. The van der Waals surface area contributed by atoms with Crippen LogP contribution in [-0.2, 0) is 31.8 Å². The van der Waals surface area contributed by atoms with E-state index in [1.807, 2.05) is 0 Å². The molecule has 4 fully saturated rings. The minimum atomic E-state index is -2.48. The number of ether oxygens (including phenoxy) is 4. The molecule has 24 nitrogen and oxygen atoms in total. The number of hydrogen-bond donors (Lipinski definition) is 18. The van der Waals surface area contributed by atoms with E-state index in [0.29, 0.717) is 36.4 Å². The number of aromatic nitrogens is 4. The molecule has 7 aromatic rings. The van der Waals surface area contributed by atoms with Crippen LogP contribution in [0.5, 0.6) is 0 Å². The molecule has 0 aliphatic carbocycles. The van der Waals surface area contributed by atoms with Crippen molar-refractivity contribution in [3.8, 4) is 44.5 Å². The van der Waals surface area contributed by atoms with Gasteiger partial charge in [0.25, 0.3) is 0 Å². The third kappa shape index (κ3) is 14.0. The van der Waals surface area contributed by atoms with Crippen LogP contribution in [0, 0.1) is 93.1 Å². The molecule has 20 atom stereocenters. The number of aliphatic hydroxyl groups excluding tert-OH is 16. The molecule has 18 N–H and O–H groups in total. The number of aromatic amines is 2. The van der Waals surface area contributed by atoms with Crippen LogP contribution in [0.4, 0.5) is 70.2 Å². The highest BCUT2D eigenvalue weighted by atomic mass is 32.2. The van der Waals surface area contributed by atoms with Crippen LogP contribution in [0.25, 0.3) is 78.7 Å². The van der Waals surface area contributed by atoms with Gasteiger partial charge in [0, 0.05) is 44.3 Å². The fourth-order valence-corrected chi connectivity index (χ4v) is 17.9. The summed E-state index contributed by atoms with van der Waals surface area (Å²) in [5.41, 5.74) is -29.5. The molecule has 44 heteroatoms. The summed E-state index contributed by atoms with van der Waals surface area (Å²) in [6.45, 7) is -4.53. The lowest BCUT2D eigenvalue weighted by Gasteiger charge is -2.39. The minimum absolute atomic E-state index is 0.357. The van der Waals surface area contributed by atoms with E-state index in [1.165, 1.54) is 0 Å². The summed E-state index contributed by atoms with van der Waals surface area (Å²) in [6, 6.07) is 2.59. The number of H-pyrrole nitrogens is 2. The fourth-order valence-electron chi connectivity index (χ4n) is 13.4. The van der Waals surface area contributed by atoms with Gasteiger partial charge in [-0.25, -0.2) is 75.2 Å². The topological polar surface area (TPSA) is 418 Å². The molecule has 0 radical (unpaired) electrons. The summed E-state index contributed by atoms with van der Waals surface area (Å²) < 4.78 is 298. The molecular formula is C68H56F16N4O20S4. The molecule has 6 aliphatic heterocycles. The number of aliphatic hydroxyl groups is 16. The van der Waals surface area contributed by atoms with Gasteiger partial charge < -0.3 is 111 Å². The first-order valence-electron chi connectivity index (χ1n) is 32.8. The van der Waals surface area contributed by atoms with Gasteiger partial charge in [-0.05, 0) is 49.3 Å². The number of halogens is 16. The van der Waals surface area contributed by atoms with Crippen molar-refractivity contribution in [1.82, 2.24) is 19.9 Å². The van der Waals surface area contributed by atoms with E-state index in [2.05, 4.69) is 19.9 Å². The van der Waals surface area contributed by atoms with Crippen molar-refractivity contribution in [3.05, 3.63) is 140 Å². The average molecular weight is 1680 g/mol. The van der Waals surface area contributed by atoms with Crippen LogP contribution in [0.15, 0.2) is 43.8 Å². The lowest BCUT2D eigenvalue weighted by molar-refractivity contribution is -0.205. The Kier molecular flexibility index (Phi) is 24.0. The predicted molar refractivity (Wildman–Crippen MR) is 357 cm³/mol. The van der Waals surface area contributed by atoms with Crippen molar-refractivity contribution < 1.29 is 171 Å². The Labute approximate surface area is 632 Å². The van der Waals surface area contributed by atoms with E-state index in [0.717, 1.165) is 0 Å². The summed E-state index contributed by atoms with van der Waals surface area (Å²) in [5.74, 6) is -38.9. The molecule has 112 heavy (non-hydrogen) atoms. The van der Waals surface area contributed by atoms with Crippen LogP contribution in [0.1, 0.15) is 22.8 Å². The molecule has 8 bridgehead atoms. The van der Waals surface area contributed by atoms with Crippen molar-refractivity contribution in [2.45, 2.75) is 152 Å². The molecule has 0 unspecified atom stereocenters. The summed E-state index contributed by atoms with van der Waals surface area (Å²) in [6.07, 6.45) is -34.7. The Hall–Kier alpha value is -6.78. The van der Waals surface area contributed by atoms with Crippen LogP contribution in [0.3, 0.4) is 0 Å². The normalized spacial score (nSPS) is 28.9. The minimum Gasteiger partial charge on any atom is -0.394 e. The first-order valence-corrected chi connectivity index (χ1v) is 36.4. The summed E-state index contributed by atoms with van der Waals surface area (Å²) in [7, 11) is 0. The molecule has 0 amide bonds. The van der Waals surface area contributed by atoms with E-state index >= 15 is 70.2 Å². The summed E-state index contributed by atoms with van der Waals surface area (Å²) >= 11 is -1.44. The number of thioether (sulfide) groups is 4. The molecule has 0 saturated carbocycles. The Balaban J connectivity index is 1.13. The largest absolute Gasteiger partial charge is 0.394 e. The highest BCUT2D eigenvalue weighted by Crippen LogP contribution is 2.51. The lowest BCUT2D eigenvalue weighted by Crippen LogP contribution is -2.57. The van der Waals surface area contributed by atoms with E-state index in [4.69, 9.17) is 18.9 Å². The monoisotopic (exact) mass is 1680 g/mol. The van der Waals surface area contributed by atoms with Crippen LogP contribution in [-0.4, -0.2) is 247 Å². The zero-order valence-electron chi connectivity index (χ0n) is 55.6. The number of rotatable bonds is 16. The van der Waals surface area contributed by atoms with Crippen molar-refractivity contribution in [2.24, 2.45) is 0 Å². The van der Waals surface area contributed by atoms with Gasteiger partial charge in [0.15, 0.2) is 93.1 Å². The number of fused-ring (bicyclic) bond motifs is 8. The third-order valence-corrected chi connectivity index (χ3v) is 24.1. The van der Waals surface area contributed by atoms with E-state index in [-0.39, 0.29) is 47.0 Å². The second-order valence-electron chi connectivity index (χ2n) is 25.9. The number of benzene rings is 4. The standard InChI is InChI=1S/C68H56F16N4O20S4/c69-33-29(34(70)42(78)61(41(33)77)109-65-57(101)53(97)49(93)21(9-89)105-65)25-13-1-2-14(85-13)26(30-35(71)43(79)62(44(80)36(30)72)110-66-58(102)54(98)50(94)22(10-90)106-66)16-5-6-18(87-16)28(32-39(75)47(83)64(48(84)40(32)76)112-68-60(104)56(100)52(96)24(12-92)108-68)20-8-7-19(88-20)27(17-4-3-15(25)86-17)31-37(73)45(81)63(46(82)38(31)74)111-67-59(103)55(99)51(95)23(11-91)107-67/h1-6,21-24,49-60,65-68,86-87,89-104H,7-12H2/t21-,22-,23-,24-,49-,50-,51-,52-,53+,54+,55+,56+,57-,58-,59-,60-,65+,66+,67+,68+/m1/s1. The van der Waals surface area contributed by atoms with Crippen LogP contribution >= 0.6 is 47.0 Å². The van der Waals surface area contributed by atoms with Gasteiger partial charge in [-0.3, -0.25) is 4.98 Å². The molecule has 6 aliphatic rings. The zero-order chi connectivity index (χ0) is 81.3. The maximum atomic E-state index is 17.6. The van der Waals surface area contributed by atoms with Crippen molar-refractivity contribution in [2.75, 3.05) is 26.4 Å². The molecule has 9 heterocycles. The first kappa shape index (κ1) is 83.2. The van der Waals surface area contributed by atoms with Gasteiger partial charge in [-0.15, -0.1) is 0 Å². The SMILES string of the molecule is OC[C@H]1O[C@@H](Sc2c(F)c(F)c(-c3c4nc(c(-c5c(F)c(F)c(S[C@@H]6O[C@H](CO)[C@@H](O)[C@H](O)[C@H]6O)c(F)c5F)c5ccc([nH]5)c(-c5c(F)c(F)c(S[C@@H]6O[C@H](CO)[C@@H](O)[C@H](O)[C@H]6O)c(F)c5F)c5nc(c(-c6c(F)c(F)c(S[C@@H]7O[C@H](CO)[C@@H](O)[C@H](O)[C@H]7O)c(F)c6F)c6ccc3[nH]6)CC5)C=C4)c(F)c2F)[C@H](O)[C@@H](O)[C@@H]1O. The second-order valence-corrected chi connectivity index (χ2v) is 30.3. The van der Waals surface area contributed by atoms with E-state index < -0.39 is 361 Å². The van der Waals surface area contributed by atoms with Crippen molar-refractivity contribution in [3.63, 3.8) is 0 Å². The molecule has 4 aromatic carbocycles. The quantitative estimate of drug-likeness (QED) is 0.0459. The van der Waals surface area contributed by atoms with Gasteiger partial charge in [-0.1, -0.05) is 47.0 Å². The highest BCUT2D eigenvalue weighted by Gasteiger charge is 2.50. The number of aryl methyl sites for hydroxylation is 2. The van der Waals surface area contributed by atoms with Gasteiger partial charge in [0.1, 0.15) is 119 Å². The van der Waals surface area contributed by atoms with Crippen LogP contribution in [0.2, 0.25) is 0 Å². The van der Waals surface area contributed by atoms with Crippen LogP contribution < -0.4 is 0 Å². The average Bonchev–Trinajstić information content (AvgIpc) is 1.48. The Morgan fingerprint density at radius 1 is 0.277 bits per heavy atom. The molecule has 4 saturated heterocycles. The Morgan fingerprint density at radius 2 is 0.482 bits per heavy atom. The van der Waals surface area contributed by atoms with Gasteiger partial charge in [0.2, 0.25) is 0 Å².